The molecule has 5 heteroatoms. The van der Waals surface area contributed by atoms with Gasteiger partial charge in [0.2, 0.25) is 0 Å². The van der Waals surface area contributed by atoms with E-state index in [0.29, 0.717) is 5.69 Å². The number of aromatic nitrogens is 1. The van der Waals surface area contributed by atoms with Crippen molar-refractivity contribution < 1.29 is 4.79 Å². The minimum Gasteiger partial charge on any atom is -0.304 e. The summed E-state index contributed by atoms with van der Waals surface area (Å²) in [5.74, 6) is -0.00446. The Labute approximate surface area is 136 Å². The van der Waals surface area contributed by atoms with Gasteiger partial charge >= 0.3 is 0 Å². The van der Waals surface area contributed by atoms with Crippen molar-refractivity contribution >= 4 is 34.3 Å². The fourth-order valence-electron chi connectivity index (χ4n) is 2.89. The van der Waals surface area contributed by atoms with E-state index in [9.17, 15) is 4.79 Å². The molecule has 1 aliphatic rings. The summed E-state index contributed by atoms with van der Waals surface area (Å²) in [4.78, 5) is 19.3. The molecule has 3 heterocycles. The molecular weight excluding hydrogens is 312 g/mol. The van der Waals surface area contributed by atoms with Gasteiger partial charge in [-0.1, -0.05) is 18.2 Å². The van der Waals surface area contributed by atoms with Crippen LogP contribution >= 0.6 is 22.7 Å². The van der Waals surface area contributed by atoms with Gasteiger partial charge in [-0.25, -0.2) is 4.98 Å². The fourth-order valence-corrected chi connectivity index (χ4v) is 4.40. The van der Waals surface area contributed by atoms with E-state index in [4.69, 9.17) is 0 Å². The zero-order valence-electron chi connectivity index (χ0n) is 12.0. The van der Waals surface area contributed by atoms with Crippen molar-refractivity contribution in [2.75, 3.05) is 4.90 Å². The lowest BCUT2D eigenvalue weighted by Crippen LogP contribution is -2.35. The molecule has 0 radical (unpaired) electrons. The summed E-state index contributed by atoms with van der Waals surface area (Å²) in [6, 6.07) is 10.3. The maximum absolute atomic E-state index is 12.9. The van der Waals surface area contributed by atoms with Gasteiger partial charge < -0.3 is 4.90 Å². The Morgan fingerprint density at radius 2 is 2.14 bits per heavy atom. The predicted molar refractivity (Wildman–Crippen MR) is 91.8 cm³/mol. The normalized spacial score (nSPS) is 16.8. The van der Waals surface area contributed by atoms with Crippen molar-refractivity contribution in [3.05, 3.63) is 57.7 Å². The first-order chi connectivity index (χ1) is 10.7. The molecule has 0 N–H and O–H groups in total. The lowest BCUT2D eigenvalue weighted by molar-refractivity contribution is 0.0977. The second kappa shape index (κ2) is 5.34. The highest BCUT2D eigenvalue weighted by molar-refractivity contribution is 7.14. The number of carbonyl (C=O) groups excluding carboxylic acids is 1. The van der Waals surface area contributed by atoms with Crippen LogP contribution in [0, 0.1) is 0 Å². The number of anilines is 1. The molecule has 1 atom stereocenters. The zero-order valence-corrected chi connectivity index (χ0v) is 13.7. The summed E-state index contributed by atoms with van der Waals surface area (Å²) in [6.45, 7) is 2.09. The molecule has 22 heavy (non-hydrogen) atoms. The molecule has 0 spiro atoms. The maximum Gasteiger partial charge on any atom is 0.278 e. The molecule has 1 aliphatic heterocycles. The van der Waals surface area contributed by atoms with Crippen LogP contribution < -0.4 is 4.90 Å². The van der Waals surface area contributed by atoms with E-state index in [-0.39, 0.29) is 11.9 Å². The number of amides is 1. The molecule has 3 nitrogen and oxygen atoms in total. The van der Waals surface area contributed by atoms with Gasteiger partial charge in [-0.2, -0.15) is 11.3 Å². The van der Waals surface area contributed by atoms with Gasteiger partial charge in [-0.05, 0) is 36.4 Å². The van der Waals surface area contributed by atoms with Gasteiger partial charge in [-0.15, -0.1) is 11.3 Å². The van der Waals surface area contributed by atoms with Crippen LogP contribution in [-0.2, 0) is 6.42 Å². The van der Waals surface area contributed by atoms with Crippen LogP contribution in [0.4, 0.5) is 5.69 Å². The molecule has 3 aromatic rings. The smallest absolute Gasteiger partial charge is 0.278 e. The molecular formula is C17H14N2OS2. The van der Waals surface area contributed by atoms with Crippen molar-refractivity contribution in [1.82, 2.24) is 4.98 Å². The van der Waals surface area contributed by atoms with Gasteiger partial charge in [0, 0.05) is 28.1 Å². The highest BCUT2D eigenvalue weighted by Crippen LogP contribution is 2.34. The molecule has 1 amide bonds. The summed E-state index contributed by atoms with van der Waals surface area (Å²) in [5.41, 5.74) is 3.88. The van der Waals surface area contributed by atoms with Crippen LogP contribution in [0.5, 0.6) is 0 Å². The van der Waals surface area contributed by atoms with Crippen molar-refractivity contribution in [2.24, 2.45) is 0 Å². The van der Waals surface area contributed by atoms with E-state index in [0.717, 1.165) is 22.7 Å². The lowest BCUT2D eigenvalue weighted by atomic mass is 10.1. The summed E-state index contributed by atoms with van der Waals surface area (Å²) >= 11 is 3.16. The molecule has 0 saturated carbocycles. The number of rotatable bonds is 2. The average Bonchev–Trinajstić information content (AvgIpc) is 3.25. The first kappa shape index (κ1) is 13.7. The van der Waals surface area contributed by atoms with Crippen LogP contribution in [0.15, 0.2) is 46.5 Å². The minimum atomic E-state index is -0.00446. The van der Waals surface area contributed by atoms with Gasteiger partial charge in [-0.3, -0.25) is 4.79 Å². The third kappa shape index (κ3) is 2.17. The lowest BCUT2D eigenvalue weighted by Gasteiger charge is -2.21. The molecule has 2 aromatic heterocycles. The van der Waals surface area contributed by atoms with E-state index in [1.165, 1.54) is 16.9 Å². The van der Waals surface area contributed by atoms with Crippen LogP contribution in [-0.4, -0.2) is 16.9 Å². The molecule has 110 valence electrons. The molecule has 0 saturated heterocycles. The SMILES string of the molecule is CC1Cc2ccccc2N1C(=O)c1csc(-c2ccsc2)n1. The van der Waals surface area contributed by atoms with Crippen molar-refractivity contribution in [3.63, 3.8) is 0 Å². The Kier molecular flexibility index (Phi) is 3.32. The average molecular weight is 326 g/mol. The molecule has 1 unspecified atom stereocenters. The molecule has 0 aliphatic carbocycles. The largest absolute Gasteiger partial charge is 0.304 e. The Morgan fingerprint density at radius 3 is 2.95 bits per heavy atom. The summed E-state index contributed by atoms with van der Waals surface area (Å²) in [6.07, 6.45) is 0.906. The van der Waals surface area contributed by atoms with Crippen molar-refractivity contribution in [1.29, 1.82) is 0 Å². The minimum absolute atomic E-state index is 0.00446. The second-order valence-electron chi connectivity index (χ2n) is 5.41. The first-order valence-electron chi connectivity index (χ1n) is 7.13. The number of thiazole rings is 1. The maximum atomic E-state index is 12.9. The topological polar surface area (TPSA) is 33.2 Å². The van der Waals surface area contributed by atoms with E-state index in [1.54, 1.807) is 11.3 Å². The molecule has 4 rings (SSSR count). The Balaban J connectivity index is 1.68. The highest BCUT2D eigenvalue weighted by atomic mass is 32.1. The van der Waals surface area contributed by atoms with E-state index >= 15 is 0 Å². The molecule has 0 bridgehead atoms. The number of para-hydroxylation sites is 1. The van der Waals surface area contributed by atoms with E-state index in [1.807, 2.05) is 39.9 Å². The van der Waals surface area contributed by atoms with Crippen LogP contribution in [0.2, 0.25) is 0 Å². The number of thiophene rings is 1. The quantitative estimate of drug-likeness (QED) is 0.696. The highest BCUT2D eigenvalue weighted by Gasteiger charge is 2.32. The van der Waals surface area contributed by atoms with E-state index in [2.05, 4.69) is 23.4 Å². The summed E-state index contributed by atoms with van der Waals surface area (Å²) < 4.78 is 0. The van der Waals surface area contributed by atoms with Gasteiger partial charge in [0.15, 0.2) is 0 Å². The van der Waals surface area contributed by atoms with Gasteiger partial charge in [0.25, 0.3) is 5.91 Å². The Hall–Kier alpha value is -1.98. The van der Waals surface area contributed by atoms with Crippen LogP contribution in [0.1, 0.15) is 23.0 Å². The first-order valence-corrected chi connectivity index (χ1v) is 8.96. The van der Waals surface area contributed by atoms with Crippen LogP contribution in [0.3, 0.4) is 0 Å². The monoisotopic (exact) mass is 326 g/mol. The third-order valence-corrected chi connectivity index (χ3v) is 5.49. The van der Waals surface area contributed by atoms with Gasteiger partial charge in [0.1, 0.15) is 10.7 Å². The van der Waals surface area contributed by atoms with Gasteiger partial charge in [0.05, 0.1) is 0 Å². The molecule has 0 fully saturated rings. The predicted octanol–water partition coefficient (Wildman–Crippen LogP) is 4.46. The standard InChI is InChI=1S/C17H14N2OS2/c1-11-8-12-4-2-3-5-15(12)19(11)17(20)14-10-22-16(18-14)13-6-7-21-9-13/h2-7,9-11H,8H2,1H3. The second-order valence-corrected chi connectivity index (χ2v) is 7.05. The molecule has 1 aromatic carbocycles. The van der Waals surface area contributed by atoms with Crippen LogP contribution in [0.25, 0.3) is 10.6 Å². The number of benzene rings is 1. The summed E-state index contributed by atoms with van der Waals surface area (Å²) in [7, 11) is 0. The summed E-state index contributed by atoms with van der Waals surface area (Å²) in [5, 5.41) is 6.85. The number of carbonyl (C=O) groups is 1. The Bertz CT molecular complexity index is 823. The third-order valence-electron chi connectivity index (χ3n) is 3.92. The van der Waals surface area contributed by atoms with E-state index < -0.39 is 0 Å². The zero-order chi connectivity index (χ0) is 15.1. The number of nitrogens with zero attached hydrogens (tertiary/aromatic N) is 2. The number of hydrogen-bond donors (Lipinski definition) is 0. The Morgan fingerprint density at radius 1 is 1.27 bits per heavy atom. The van der Waals surface area contributed by atoms with Crippen molar-refractivity contribution in [2.45, 2.75) is 19.4 Å². The number of hydrogen-bond acceptors (Lipinski definition) is 4. The fraction of sp³-hybridized carbons (Fsp3) is 0.176. The number of fused-ring (bicyclic) bond motifs is 1. The van der Waals surface area contributed by atoms with Crippen molar-refractivity contribution in [3.8, 4) is 10.6 Å².